The Labute approximate surface area is 104 Å². The van der Waals surface area contributed by atoms with Crippen LogP contribution in [-0.4, -0.2) is 42.6 Å². The van der Waals surface area contributed by atoms with Gasteiger partial charge in [0.05, 0.1) is 5.56 Å². The Kier molecular flexibility index (Phi) is 4.75. The van der Waals surface area contributed by atoms with E-state index in [1.54, 1.807) is 4.90 Å². The van der Waals surface area contributed by atoms with Crippen LogP contribution in [0.15, 0.2) is 6.07 Å². The SMILES string of the molecule is CCn1c(C)cc(C(=O)N(C)CCNC)c1C. The van der Waals surface area contributed by atoms with Crippen LogP contribution in [0.3, 0.4) is 0 Å². The molecule has 0 unspecified atom stereocenters. The Bertz CT molecular complexity index is 396. The van der Waals surface area contributed by atoms with E-state index in [0.717, 1.165) is 36.6 Å². The van der Waals surface area contributed by atoms with Crippen LogP contribution >= 0.6 is 0 Å². The monoisotopic (exact) mass is 237 g/mol. The van der Waals surface area contributed by atoms with Crippen molar-refractivity contribution in [2.45, 2.75) is 27.3 Å². The lowest BCUT2D eigenvalue weighted by molar-refractivity contribution is 0.0796. The number of carbonyl (C=O) groups excluding carboxylic acids is 1. The number of rotatable bonds is 5. The van der Waals surface area contributed by atoms with Crippen LogP contribution in [0.25, 0.3) is 0 Å². The van der Waals surface area contributed by atoms with Gasteiger partial charge in [-0.15, -0.1) is 0 Å². The summed E-state index contributed by atoms with van der Waals surface area (Å²) in [5.74, 6) is 0.105. The minimum atomic E-state index is 0.105. The molecule has 1 heterocycles. The molecule has 4 heteroatoms. The van der Waals surface area contributed by atoms with Gasteiger partial charge in [-0.25, -0.2) is 0 Å². The van der Waals surface area contributed by atoms with Crippen molar-refractivity contribution in [3.8, 4) is 0 Å². The zero-order valence-corrected chi connectivity index (χ0v) is 11.5. The zero-order valence-electron chi connectivity index (χ0n) is 11.5. The van der Waals surface area contributed by atoms with E-state index in [4.69, 9.17) is 0 Å². The second-order valence-corrected chi connectivity index (χ2v) is 4.36. The van der Waals surface area contributed by atoms with E-state index in [9.17, 15) is 4.79 Å². The number of likely N-dealkylation sites (N-methyl/N-ethyl adjacent to an activating group) is 2. The molecular weight excluding hydrogens is 214 g/mol. The first-order valence-corrected chi connectivity index (χ1v) is 6.09. The van der Waals surface area contributed by atoms with E-state index in [0.29, 0.717) is 0 Å². The molecule has 1 aromatic heterocycles. The van der Waals surface area contributed by atoms with Crippen LogP contribution < -0.4 is 5.32 Å². The maximum atomic E-state index is 12.2. The molecule has 0 bridgehead atoms. The molecule has 0 saturated carbocycles. The smallest absolute Gasteiger partial charge is 0.255 e. The average molecular weight is 237 g/mol. The van der Waals surface area contributed by atoms with E-state index in [1.807, 2.05) is 34.0 Å². The molecule has 96 valence electrons. The fourth-order valence-electron chi connectivity index (χ4n) is 2.09. The first kappa shape index (κ1) is 13.8. The zero-order chi connectivity index (χ0) is 13.0. The number of aryl methyl sites for hydroxylation is 1. The highest BCUT2D eigenvalue weighted by atomic mass is 16.2. The average Bonchev–Trinajstić information content (AvgIpc) is 2.60. The van der Waals surface area contributed by atoms with Gasteiger partial charge >= 0.3 is 0 Å². The molecule has 1 N–H and O–H groups in total. The molecule has 0 atom stereocenters. The molecule has 1 aromatic rings. The molecule has 0 saturated heterocycles. The minimum Gasteiger partial charge on any atom is -0.349 e. The van der Waals surface area contributed by atoms with Crippen molar-refractivity contribution < 1.29 is 4.79 Å². The van der Waals surface area contributed by atoms with E-state index < -0.39 is 0 Å². The molecule has 1 rings (SSSR count). The molecule has 0 fully saturated rings. The van der Waals surface area contributed by atoms with Crippen molar-refractivity contribution in [2.75, 3.05) is 27.2 Å². The van der Waals surface area contributed by atoms with Gasteiger partial charge in [-0.05, 0) is 33.9 Å². The summed E-state index contributed by atoms with van der Waals surface area (Å²) < 4.78 is 2.17. The van der Waals surface area contributed by atoms with Crippen molar-refractivity contribution in [1.82, 2.24) is 14.8 Å². The largest absolute Gasteiger partial charge is 0.349 e. The van der Waals surface area contributed by atoms with Gasteiger partial charge < -0.3 is 14.8 Å². The van der Waals surface area contributed by atoms with Gasteiger partial charge in [0.15, 0.2) is 0 Å². The summed E-state index contributed by atoms with van der Waals surface area (Å²) in [6.07, 6.45) is 0. The third kappa shape index (κ3) is 2.88. The van der Waals surface area contributed by atoms with Gasteiger partial charge in [0.2, 0.25) is 0 Å². The Morgan fingerprint density at radius 1 is 1.47 bits per heavy atom. The summed E-state index contributed by atoms with van der Waals surface area (Å²) in [6, 6.07) is 1.98. The Balaban J connectivity index is 2.89. The number of nitrogens with one attached hydrogen (secondary N) is 1. The fourth-order valence-corrected chi connectivity index (χ4v) is 2.09. The molecule has 1 amide bonds. The van der Waals surface area contributed by atoms with Crippen LogP contribution in [0.1, 0.15) is 28.7 Å². The molecule has 4 nitrogen and oxygen atoms in total. The van der Waals surface area contributed by atoms with Crippen molar-refractivity contribution in [3.05, 3.63) is 23.0 Å². The summed E-state index contributed by atoms with van der Waals surface area (Å²) in [4.78, 5) is 14.0. The van der Waals surface area contributed by atoms with E-state index in [-0.39, 0.29) is 5.91 Å². The van der Waals surface area contributed by atoms with Crippen molar-refractivity contribution in [2.24, 2.45) is 0 Å². The van der Waals surface area contributed by atoms with Gasteiger partial charge in [0.25, 0.3) is 5.91 Å². The van der Waals surface area contributed by atoms with Crippen LogP contribution in [0.5, 0.6) is 0 Å². The minimum absolute atomic E-state index is 0.105. The second-order valence-electron chi connectivity index (χ2n) is 4.36. The van der Waals surface area contributed by atoms with Gasteiger partial charge in [0.1, 0.15) is 0 Å². The molecular formula is C13H23N3O. The topological polar surface area (TPSA) is 37.3 Å². The molecule has 0 aliphatic heterocycles. The lowest BCUT2D eigenvalue weighted by Gasteiger charge is -2.17. The second kappa shape index (κ2) is 5.87. The first-order chi connectivity index (χ1) is 8.02. The van der Waals surface area contributed by atoms with Crippen molar-refractivity contribution in [3.63, 3.8) is 0 Å². The van der Waals surface area contributed by atoms with E-state index >= 15 is 0 Å². The molecule has 0 aromatic carbocycles. The maximum absolute atomic E-state index is 12.2. The van der Waals surface area contributed by atoms with Gasteiger partial charge in [-0.2, -0.15) is 0 Å². The van der Waals surface area contributed by atoms with Crippen LogP contribution in [0.2, 0.25) is 0 Å². The highest BCUT2D eigenvalue weighted by molar-refractivity contribution is 5.95. The normalized spacial score (nSPS) is 10.6. The lowest BCUT2D eigenvalue weighted by Crippen LogP contribution is -2.33. The van der Waals surface area contributed by atoms with Gasteiger partial charge in [0, 0.05) is 38.1 Å². The standard InChI is InChI=1S/C13H23N3O/c1-6-16-10(2)9-12(11(16)3)13(17)15(5)8-7-14-4/h9,14H,6-8H2,1-5H3. The maximum Gasteiger partial charge on any atom is 0.255 e. The Morgan fingerprint density at radius 3 is 2.59 bits per heavy atom. The van der Waals surface area contributed by atoms with Gasteiger partial charge in [-0.3, -0.25) is 4.79 Å². The number of aromatic nitrogens is 1. The number of hydrogen-bond acceptors (Lipinski definition) is 2. The molecule has 0 radical (unpaired) electrons. The van der Waals surface area contributed by atoms with Crippen LogP contribution in [0.4, 0.5) is 0 Å². The molecule has 0 spiro atoms. The number of hydrogen-bond donors (Lipinski definition) is 1. The summed E-state index contributed by atoms with van der Waals surface area (Å²) in [5.41, 5.74) is 3.03. The predicted molar refractivity (Wildman–Crippen MR) is 70.5 cm³/mol. The van der Waals surface area contributed by atoms with E-state index in [1.165, 1.54) is 0 Å². The lowest BCUT2D eigenvalue weighted by atomic mass is 10.2. The van der Waals surface area contributed by atoms with Crippen molar-refractivity contribution >= 4 is 5.91 Å². The summed E-state index contributed by atoms with van der Waals surface area (Å²) >= 11 is 0. The predicted octanol–water partition coefficient (Wildman–Crippen LogP) is 1.42. The first-order valence-electron chi connectivity index (χ1n) is 6.09. The summed E-state index contributed by atoms with van der Waals surface area (Å²) in [5, 5.41) is 3.05. The molecule has 17 heavy (non-hydrogen) atoms. The molecule has 0 aliphatic carbocycles. The third-order valence-corrected chi connectivity index (χ3v) is 3.16. The van der Waals surface area contributed by atoms with Gasteiger partial charge in [-0.1, -0.05) is 0 Å². The Hall–Kier alpha value is -1.29. The summed E-state index contributed by atoms with van der Waals surface area (Å²) in [6.45, 7) is 8.60. The molecule has 0 aliphatic rings. The third-order valence-electron chi connectivity index (χ3n) is 3.16. The number of amides is 1. The van der Waals surface area contributed by atoms with Crippen LogP contribution in [-0.2, 0) is 6.54 Å². The Morgan fingerprint density at radius 2 is 2.12 bits per heavy atom. The quantitative estimate of drug-likeness (QED) is 0.841. The van der Waals surface area contributed by atoms with Crippen LogP contribution in [0, 0.1) is 13.8 Å². The highest BCUT2D eigenvalue weighted by Crippen LogP contribution is 2.16. The van der Waals surface area contributed by atoms with Crippen molar-refractivity contribution in [1.29, 1.82) is 0 Å². The number of carbonyl (C=O) groups is 1. The fraction of sp³-hybridized carbons (Fsp3) is 0.615. The van der Waals surface area contributed by atoms with E-state index in [2.05, 4.69) is 16.8 Å². The number of nitrogens with zero attached hydrogens (tertiary/aromatic N) is 2. The summed E-state index contributed by atoms with van der Waals surface area (Å²) in [7, 11) is 3.74. The highest BCUT2D eigenvalue weighted by Gasteiger charge is 2.17.